The number of allylic oxidation sites excluding steroid dienone is 1. The highest BCUT2D eigenvalue weighted by Crippen LogP contribution is 2.39. The van der Waals surface area contributed by atoms with Gasteiger partial charge in [0.05, 0.1) is 59.0 Å². The number of hydrogen-bond acceptors (Lipinski definition) is 7. The lowest BCUT2D eigenvalue weighted by Crippen LogP contribution is -2.23. The first kappa shape index (κ1) is 35.2. The molecule has 1 aliphatic carbocycles. The Hall–Kier alpha value is -2.68. The number of benzene rings is 2. The molecule has 1 saturated carbocycles. The predicted molar refractivity (Wildman–Crippen MR) is 177 cm³/mol. The van der Waals surface area contributed by atoms with E-state index in [-0.39, 0.29) is 30.3 Å². The van der Waals surface area contributed by atoms with Gasteiger partial charge in [-0.3, -0.25) is 0 Å². The lowest BCUT2D eigenvalue weighted by atomic mass is 9.89. The second-order valence-electron chi connectivity index (χ2n) is 12.4. The van der Waals surface area contributed by atoms with E-state index in [1.54, 1.807) is 14.2 Å². The van der Waals surface area contributed by atoms with Gasteiger partial charge in [-0.05, 0) is 60.1 Å². The minimum absolute atomic E-state index is 0.0354. The van der Waals surface area contributed by atoms with Crippen molar-refractivity contribution in [2.45, 2.75) is 96.6 Å². The van der Waals surface area contributed by atoms with Crippen LogP contribution in [-0.2, 0) is 32.2 Å². The van der Waals surface area contributed by atoms with Gasteiger partial charge in [0, 0.05) is 18.8 Å². The second-order valence-corrected chi connectivity index (χ2v) is 12.4. The topological polar surface area (TPSA) is 75.6 Å². The van der Waals surface area contributed by atoms with E-state index in [4.69, 9.17) is 28.4 Å². The normalized spacial score (nSPS) is 23.7. The second kappa shape index (κ2) is 19.1. The lowest BCUT2D eigenvalue weighted by molar-refractivity contribution is -0.0380. The summed E-state index contributed by atoms with van der Waals surface area (Å²) in [5, 5.41) is 11.3. The molecule has 2 aromatic rings. The molecule has 7 heteroatoms. The van der Waals surface area contributed by atoms with Crippen LogP contribution in [0.2, 0.25) is 0 Å². The van der Waals surface area contributed by atoms with Gasteiger partial charge in [0.2, 0.25) is 0 Å². The van der Waals surface area contributed by atoms with Crippen LogP contribution in [0.3, 0.4) is 0 Å². The zero-order valence-electron chi connectivity index (χ0n) is 27.6. The zero-order chi connectivity index (χ0) is 31.9. The smallest absolute Gasteiger partial charge is 0.161 e. The van der Waals surface area contributed by atoms with E-state index < -0.39 is 6.10 Å². The van der Waals surface area contributed by atoms with Crippen molar-refractivity contribution in [1.29, 1.82) is 0 Å². The lowest BCUT2D eigenvalue weighted by Gasteiger charge is -2.24. The number of unbranched alkanes of at least 4 members (excludes halogenated alkanes) is 1. The fourth-order valence-corrected chi connectivity index (χ4v) is 6.24. The molecule has 0 spiro atoms. The first-order chi connectivity index (χ1) is 22.0. The highest BCUT2D eigenvalue weighted by molar-refractivity contribution is 5.27. The van der Waals surface area contributed by atoms with Crippen LogP contribution >= 0.6 is 0 Å². The van der Waals surface area contributed by atoms with Crippen LogP contribution in [0, 0.1) is 17.8 Å². The predicted octanol–water partition coefficient (Wildman–Crippen LogP) is 7.65. The van der Waals surface area contributed by atoms with Gasteiger partial charge in [0.15, 0.2) is 6.29 Å². The van der Waals surface area contributed by atoms with E-state index in [9.17, 15) is 5.11 Å². The van der Waals surface area contributed by atoms with Crippen LogP contribution in [0.25, 0.3) is 0 Å². The molecule has 248 valence electrons. The molecule has 0 bridgehead atoms. The molecule has 7 nitrogen and oxygen atoms in total. The van der Waals surface area contributed by atoms with E-state index in [0.717, 1.165) is 41.9 Å². The molecule has 1 heterocycles. The number of aliphatic hydroxyl groups excluding tert-OH is 1. The fraction of sp³-hybridized carbons (Fsp3) is 0.579. The van der Waals surface area contributed by atoms with Crippen molar-refractivity contribution < 1.29 is 33.5 Å². The van der Waals surface area contributed by atoms with Gasteiger partial charge in [-0.1, -0.05) is 81.7 Å². The third-order valence-electron chi connectivity index (χ3n) is 8.97. The summed E-state index contributed by atoms with van der Waals surface area (Å²) in [5.74, 6) is 2.31. The maximum absolute atomic E-state index is 11.3. The highest BCUT2D eigenvalue weighted by atomic mass is 16.7. The first-order valence-corrected chi connectivity index (χ1v) is 16.7. The van der Waals surface area contributed by atoms with Crippen molar-refractivity contribution in [3.63, 3.8) is 0 Å². The third-order valence-corrected chi connectivity index (χ3v) is 8.97. The van der Waals surface area contributed by atoms with Gasteiger partial charge >= 0.3 is 0 Å². The molecule has 0 radical (unpaired) electrons. The Balaban J connectivity index is 1.47. The van der Waals surface area contributed by atoms with Crippen molar-refractivity contribution in [2.24, 2.45) is 17.8 Å². The maximum Gasteiger partial charge on any atom is 0.161 e. The number of ether oxygens (including phenoxy) is 6. The fourth-order valence-electron chi connectivity index (χ4n) is 6.24. The minimum Gasteiger partial charge on any atom is -0.497 e. The summed E-state index contributed by atoms with van der Waals surface area (Å²) in [4.78, 5) is 0. The van der Waals surface area contributed by atoms with Crippen molar-refractivity contribution >= 4 is 0 Å². The SMILES string of the molecule is CCCC[C@H](C)CC(/C=C/[C@H]1C(OCc2ccc(OC)cc2)C[C@H](O)[C@@H]1C/C=C\CC1OCCO1)OCc1ccc(OC)cc1. The van der Waals surface area contributed by atoms with E-state index in [2.05, 4.69) is 50.3 Å². The van der Waals surface area contributed by atoms with Crippen LogP contribution in [0.1, 0.15) is 69.9 Å². The number of rotatable bonds is 19. The Morgan fingerprint density at radius 3 is 2.13 bits per heavy atom. The van der Waals surface area contributed by atoms with E-state index >= 15 is 0 Å². The molecule has 4 rings (SSSR count). The minimum atomic E-state index is -0.453. The molecule has 2 aromatic carbocycles. The molecular weight excluding hydrogens is 568 g/mol. The van der Waals surface area contributed by atoms with Crippen molar-refractivity contribution in [1.82, 2.24) is 0 Å². The van der Waals surface area contributed by atoms with Gasteiger partial charge in [-0.2, -0.15) is 0 Å². The molecule has 0 amide bonds. The Labute approximate surface area is 270 Å². The first-order valence-electron chi connectivity index (χ1n) is 16.7. The summed E-state index contributed by atoms with van der Waals surface area (Å²) >= 11 is 0. The summed E-state index contributed by atoms with van der Waals surface area (Å²) in [5.41, 5.74) is 2.20. The van der Waals surface area contributed by atoms with Gasteiger partial charge < -0.3 is 33.5 Å². The Kier molecular flexibility index (Phi) is 14.9. The van der Waals surface area contributed by atoms with E-state index in [1.165, 1.54) is 19.3 Å². The largest absolute Gasteiger partial charge is 0.497 e. The van der Waals surface area contributed by atoms with Gasteiger partial charge in [0.25, 0.3) is 0 Å². The van der Waals surface area contributed by atoms with E-state index in [0.29, 0.717) is 38.8 Å². The highest BCUT2D eigenvalue weighted by Gasteiger charge is 2.41. The molecule has 1 aliphatic heterocycles. The quantitative estimate of drug-likeness (QED) is 0.161. The summed E-state index contributed by atoms with van der Waals surface area (Å²) in [6.45, 7) is 6.87. The molecule has 1 N–H and O–H groups in total. The standard InChI is InChI=1S/C38H54O7/c1-5-6-9-28(2)24-33(44-26-29-12-16-31(40-3)17-13-29)20-21-35-34(10-7-8-11-38-42-22-23-43-38)36(39)25-37(35)45-27-30-14-18-32(41-4)19-15-30/h7-8,12-21,28,33-39H,5-6,9-11,22-27H2,1-4H3/b8-7-,21-20+/t28-,33?,34+,35+,36-,37?/m0/s1. The van der Waals surface area contributed by atoms with Crippen molar-refractivity contribution in [3.8, 4) is 11.5 Å². The Morgan fingerprint density at radius 2 is 1.51 bits per heavy atom. The Morgan fingerprint density at radius 1 is 0.889 bits per heavy atom. The summed E-state index contributed by atoms with van der Waals surface area (Å²) in [6.07, 6.45) is 14.7. The molecular formula is C38H54O7. The van der Waals surface area contributed by atoms with Gasteiger partial charge in [0.1, 0.15) is 11.5 Å². The summed E-state index contributed by atoms with van der Waals surface area (Å²) < 4.78 is 34.8. The van der Waals surface area contributed by atoms with Crippen LogP contribution in [0.15, 0.2) is 72.8 Å². The van der Waals surface area contributed by atoms with Gasteiger partial charge in [-0.25, -0.2) is 0 Å². The molecule has 0 aromatic heterocycles. The number of aliphatic hydroxyl groups is 1. The molecule has 2 fully saturated rings. The Bertz CT molecular complexity index is 1140. The van der Waals surface area contributed by atoms with Crippen LogP contribution in [0.4, 0.5) is 0 Å². The van der Waals surface area contributed by atoms with Gasteiger partial charge in [-0.15, -0.1) is 0 Å². The average molecular weight is 623 g/mol. The molecule has 2 unspecified atom stereocenters. The monoisotopic (exact) mass is 622 g/mol. The summed E-state index contributed by atoms with van der Waals surface area (Å²) in [7, 11) is 3.35. The molecule has 1 saturated heterocycles. The van der Waals surface area contributed by atoms with E-state index in [1.807, 2.05) is 36.4 Å². The molecule has 45 heavy (non-hydrogen) atoms. The van der Waals surface area contributed by atoms with Crippen molar-refractivity contribution in [3.05, 3.63) is 84.0 Å². The van der Waals surface area contributed by atoms with Crippen molar-refractivity contribution in [2.75, 3.05) is 27.4 Å². The number of hydrogen-bond donors (Lipinski definition) is 1. The van der Waals surface area contributed by atoms with Crippen LogP contribution in [0.5, 0.6) is 11.5 Å². The molecule has 2 aliphatic rings. The number of methoxy groups -OCH3 is 2. The van der Waals surface area contributed by atoms with Crippen LogP contribution < -0.4 is 9.47 Å². The zero-order valence-corrected chi connectivity index (χ0v) is 27.6. The maximum atomic E-state index is 11.3. The summed E-state index contributed by atoms with van der Waals surface area (Å²) in [6, 6.07) is 16.0. The average Bonchev–Trinajstić information content (AvgIpc) is 3.70. The molecule has 6 atom stereocenters. The third kappa shape index (κ3) is 11.6. The van der Waals surface area contributed by atoms with Crippen LogP contribution in [-0.4, -0.2) is 57.1 Å².